The van der Waals surface area contributed by atoms with Crippen LogP contribution in [0.15, 0.2) is 0 Å². The van der Waals surface area contributed by atoms with Crippen molar-refractivity contribution in [2.24, 2.45) is 5.41 Å². The maximum atomic E-state index is 12.3. The number of carbonyl (C=O) groups excluding carboxylic acids is 1. The van der Waals surface area contributed by atoms with Gasteiger partial charge in [-0.2, -0.15) is 0 Å². The number of amides is 1. The Labute approximate surface area is 158 Å². The first-order valence-electron chi connectivity index (χ1n) is 9.22. The van der Waals surface area contributed by atoms with Crippen LogP contribution in [0.4, 0.5) is 0 Å². The lowest BCUT2D eigenvalue weighted by Gasteiger charge is -2.40. The highest BCUT2D eigenvalue weighted by molar-refractivity contribution is 5.81. The first kappa shape index (κ1) is 22.4. The molecular formula is C17H32N2O8. The predicted molar refractivity (Wildman–Crippen MR) is 93.5 cm³/mol. The van der Waals surface area contributed by atoms with Crippen molar-refractivity contribution in [1.82, 2.24) is 10.6 Å². The van der Waals surface area contributed by atoms with Crippen LogP contribution in [-0.4, -0.2) is 95.7 Å². The highest BCUT2D eigenvalue weighted by Gasteiger charge is 2.44. The standard InChI is InChI=1S/C17H32N2O8/c1-9(18-5-4-11-25-7-17(2,3)8-26-11)15(23)19-12-14(22)13(21)10(6-20)27-16(12)24/h9-14,16,18,20-22,24H,4-8H2,1-3H3,(H,19,23)/t9-,10?,12+,13+,14+,16?/m0/s1. The molecule has 0 spiro atoms. The van der Waals surface area contributed by atoms with Crippen molar-refractivity contribution < 1.29 is 39.4 Å². The van der Waals surface area contributed by atoms with Crippen molar-refractivity contribution >= 4 is 5.91 Å². The van der Waals surface area contributed by atoms with Gasteiger partial charge >= 0.3 is 0 Å². The summed E-state index contributed by atoms with van der Waals surface area (Å²) < 4.78 is 16.3. The molecule has 2 fully saturated rings. The summed E-state index contributed by atoms with van der Waals surface area (Å²) in [6, 6.07) is -1.82. The maximum Gasteiger partial charge on any atom is 0.237 e. The molecule has 158 valence electrons. The Bertz CT molecular complexity index is 482. The summed E-state index contributed by atoms with van der Waals surface area (Å²) in [5.41, 5.74) is 0.000440. The van der Waals surface area contributed by atoms with Crippen molar-refractivity contribution in [1.29, 1.82) is 0 Å². The lowest BCUT2D eigenvalue weighted by Crippen LogP contribution is -2.65. The van der Waals surface area contributed by atoms with Crippen LogP contribution in [0.5, 0.6) is 0 Å². The molecule has 10 heteroatoms. The van der Waals surface area contributed by atoms with Crippen molar-refractivity contribution in [3.63, 3.8) is 0 Å². The number of ether oxygens (including phenoxy) is 3. The van der Waals surface area contributed by atoms with Crippen LogP contribution in [0.1, 0.15) is 27.2 Å². The van der Waals surface area contributed by atoms with Crippen LogP contribution in [0.2, 0.25) is 0 Å². The number of aliphatic hydroxyl groups excluding tert-OH is 4. The molecular weight excluding hydrogens is 360 g/mol. The van der Waals surface area contributed by atoms with Gasteiger partial charge in [-0.3, -0.25) is 4.79 Å². The molecule has 0 radical (unpaired) electrons. The monoisotopic (exact) mass is 392 g/mol. The topological polar surface area (TPSA) is 150 Å². The van der Waals surface area contributed by atoms with E-state index in [4.69, 9.17) is 19.3 Å². The van der Waals surface area contributed by atoms with Crippen molar-refractivity contribution in [3.05, 3.63) is 0 Å². The molecule has 2 aliphatic heterocycles. The second-order valence-electron chi connectivity index (χ2n) is 7.94. The summed E-state index contributed by atoms with van der Waals surface area (Å²) >= 11 is 0. The zero-order valence-corrected chi connectivity index (χ0v) is 16.0. The minimum atomic E-state index is -1.54. The maximum absolute atomic E-state index is 12.3. The van der Waals surface area contributed by atoms with Gasteiger partial charge in [0.25, 0.3) is 0 Å². The molecule has 10 nitrogen and oxygen atoms in total. The molecule has 2 aliphatic rings. The van der Waals surface area contributed by atoms with Gasteiger partial charge in [0.05, 0.1) is 25.9 Å². The minimum Gasteiger partial charge on any atom is -0.394 e. The minimum absolute atomic E-state index is 0.000440. The van der Waals surface area contributed by atoms with Crippen molar-refractivity contribution in [2.75, 3.05) is 26.4 Å². The summed E-state index contributed by atoms with van der Waals surface area (Å²) in [5.74, 6) is -0.469. The smallest absolute Gasteiger partial charge is 0.237 e. The first-order valence-corrected chi connectivity index (χ1v) is 9.22. The summed E-state index contributed by atoms with van der Waals surface area (Å²) in [7, 11) is 0. The molecule has 0 aromatic carbocycles. The molecule has 6 atom stereocenters. The molecule has 27 heavy (non-hydrogen) atoms. The van der Waals surface area contributed by atoms with Crippen LogP contribution in [0.25, 0.3) is 0 Å². The third kappa shape index (κ3) is 6.06. The average Bonchev–Trinajstić information content (AvgIpc) is 2.62. The molecule has 2 rings (SSSR count). The van der Waals surface area contributed by atoms with Gasteiger partial charge in [-0.25, -0.2) is 0 Å². The van der Waals surface area contributed by atoms with Gasteiger partial charge in [0.2, 0.25) is 5.91 Å². The van der Waals surface area contributed by atoms with Gasteiger partial charge in [0, 0.05) is 18.4 Å². The number of rotatable bonds is 7. The number of carbonyl (C=O) groups is 1. The van der Waals surface area contributed by atoms with Gasteiger partial charge < -0.3 is 45.3 Å². The van der Waals surface area contributed by atoms with Crippen LogP contribution < -0.4 is 10.6 Å². The third-order valence-corrected chi connectivity index (χ3v) is 4.75. The third-order valence-electron chi connectivity index (χ3n) is 4.75. The normalized spacial score (nSPS) is 35.6. The predicted octanol–water partition coefficient (Wildman–Crippen LogP) is -2.33. The summed E-state index contributed by atoms with van der Waals surface area (Å²) in [6.07, 6.45) is -5.28. The van der Waals surface area contributed by atoms with Gasteiger partial charge in [0.1, 0.15) is 24.4 Å². The van der Waals surface area contributed by atoms with E-state index < -0.39 is 49.2 Å². The Balaban J connectivity index is 1.73. The Hall–Kier alpha value is -0.850. The van der Waals surface area contributed by atoms with Gasteiger partial charge in [-0.05, 0) is 6.92 Å². The molecule has 2 saturated heterocycles. The quantitative estimate of drug-likeness (QED) is 0.280. The van der Waals surface area contributed by atoms with Crippen LogP contribution >= 0.6 is 0 Å². The van der Waals surface area contributed by atoms with E-state index in [-0.39, 0.29) is 11.7 Å². The Kier molecular flexibility index (Phi) is 7.95. The van der Waals surface area contributed by atoms with Crippen molar-refractivity contribution in [3.8, 4) is 0 Å². The Morgan fingerprint density at radius 1 is 1.19 bits per heavy atom. The van der Waals surface area contributed by atoms with E-state index in [1.54, 1.807) is 6.92 Å². The SMILES string of the molecule is C[C@H](NCCC1OCC(C)(C)CO1)C(=O)N[C@H]1C(O)OC(CO)[C@@H](O)[C@@H]1O. The molecule has 0 saturated carbocycles. The fraction of sp³-hybridized carbons (Fsp3) is 0.941. The van der Waals surface area contributed by atoms with E-state index in [0.29, 0.717) is 26.2 Å². The molecule has 0 aromatic rings. The molecule has 0 bridgehead atoms. The van der Waals surface area contributed by atoms with E-state index in [9.17, 15) is 20.1 Å². The van der Waals surface area contributed by atoms with Crippen molar-refractivity contribution in [2.45, 2.75) is 70.2 Å². The van der Waals surface area contributed by atoms with Gasteiger partial charge in [-0.1, -0.05) is 13.8 Å². The van der Waals surface area contributed by atoms with E-state index in [0.717, 1.165) is 0 Å². The molecule has 1 amide bonds. The Morgan fingerprint density at radius 2 is 1.81 bits per heavy atom. The summed E-state index contributed by atoms with van der Waals surface area (Å²) in [6.45, 7) is 6.90. The highest BCUT2D eigenvalue weighted by Crippen LogP contribution is 2.24. The first-order chi connectivity index (χ1) is 12.6. The van der Waals surface area contributed by atoms with E-state index >= 15 is 0 Å². The zero-order chi connectivity index (χ0) is 20.2. The lowest BCUT2D eigenvalue weighted by molar-refractivity contribution is -0.254. The van der Waals surface area contributed by atoms with Gasteiger partial charge in [0.15, 0.2) is 12.6 Å². The average molecular weight is 392 g/mol. The molecule has 2 unspecified atom stereocenters. The van der Waals surface area contributed by atoms with E-state index in [1.807, 2.05) is 0 Å². The lowest BCUT2D eigenvalue weighted by atomic mass is 9.95. The molecule has 2 heterocycles. The van der Waals surface area contributed by atoms with Gasteiger partial charge in [-0.15, -0.1) is 0 Å². The Morgan fingerprint density at radius 3 is 2.41 bits per heavy atom. The second kappa shape index (κ2) is 9.57. The summed E-state index contributed by atoms with van der Waals surface area (Å²) in [4.78, 5) is 12.3. The van der Waals surface area contributed by atoms with E-state index in [2.05, 4.69) is 24.5 Å². The van der Waals surface area contributed by atoms with Crippen LogP contribution in [0.3, 0.4) is 0 Å². The van der Waals surface area contributed by atoms with Crippen LogP contribution in [0, 0.1) is 5.41 Å². The summed E-state index contributed by atoms with van der Waals surface area (Å²) in [5, 5.41) is 44.4. The fourth-order valence-electron chi connectivity index (χ4n) is 2.95. The van der Waals surface area contributed by atoms with E-state index in [1.165, 1.54) is 0 Å². The zero-order valence-electron chi connectivity index (χ0n) is 16.0. The fourth-order valence-corrected chi connectivity index (χ4v) is 2.95. The number of nitrogens with one attached hydrogen (secondary N) is 2. The van der Waals surface area contributed by atoms with Crippen LogP contribution in [-0.2, 0) is 19.0 Å². The number of hydrogen-bond donors (Lipinski definition) is 6. The largest absolute Gasteiger partial charge is 0.394 e. The molecule has 0 aromatic heterocycles. The number of aliphatic hydroxyl groups is 4. The molecule has 6 N–H and O–H groups in total. The molecule has 0 aliphatic carbocycles. The number of hydrogen-bond acceptors (Lipinski definition) is 9. The highest BCUT2D eigenvalue weighted by atomic mass is 16.7. The second-order valence-corrected chi connectivity index (χ2v) is 7.94.